The summed E-state index contributed by atoms with van der Waals surface area (Å²) < 4.78 is 6.55. The van der Waals surface area contributed by atoms with Crippen molar-refractivity contribution in [2.24, 2.45) is 17.6 Å². The Labute approximate surface area is 110 Å². The molecule has 5 unspecified atom stereocenters. The molecule has 2 nitrogen and oxygen atoms in total. The number of ether oxygens (including phenoxy) is 1. The largest absolute Gasteiger partial charge is 0.370 e. The number of allylic oxidation sites excluding steroid dienone is 2. The van der Waals surface area contributed by atoms with Gasteiger partial charge in [-0.25, -0.2) is 0 Å². The van der Waals surface area contributed by atoms with Crippen molar-refractivity contribution in [2.45, 2.75) is 63.2 Å². The molecule has 0 aromatic rings. The number of rotatable bonds is 3. The van der Waals surface area contributed by atoms with Crippen LogP contribution in [0.25, 0.3) is 0 Å². The molecule has 0 saturated carbocycles. The summed E-state index contributed by atoms with van der Waals surface area (Å²) in [6.07, 6.45) is 16.4. The summed E-state index contributed by atoms with van der Waals surface area (Å²) in [5, 5.41) is 0. The van der Waals surface area contributed by atoms with Crippen molar-refractivity contribution < 1.29 is 4.74 Å². The predicted octanol–water partition coefficient (Wildman–Crippen LogP) is 3.18. The zero-order valence-electron chi connectivity index (χ0n) is 11.3. The van der Waals surface area contributed by atoms with E-state index in [2.05, 4.69) is 31.2 Å². The average Bonchev–Trinajstić information content (AvgIpc) is 2.72. The van der Waals surface area contributed by atoms with Crippen LogP contribution in [0.4, 0.5) is 0 Å². The van der Waals surface area contributed by atoms with Crippen molar-refractivity contribution in [2.75, 3.05) is 0 Å². The van der Waals surface area contributed by atoms with E-state index in [1.807, 2.05) is 0 Å². The summed E-state index contributed by atoms with van der Waals surface area (Å²) in [5.41, 5.74) is 6.27. The van der Waals surface area contributed by atoms with E-state index in [4.69, 9.17) is 10.5 Å². The van der Waals surface area contributed by atoms with Crippen molar-refractivity contribution >= 4 is 0 Å². The second kappa shape index (κ2) is 4.82. The highest BCUT2D eigenvalue weighted by molar-refractivity contribution is 5.14. The lowest BCUT2D eigenvalue weighted by atomic mass is 9.68. The monoisotopic (exact) mass is 247 g/mol. The molecule has 2 aliphatic carbocycles. The average molecular weight is 247 g/mol. The van der Waals surface area contributed by atoms with Gasteiger partial charge in [-0.2, -0.15) is 0 Å². The fraction of sp³-hybridized carbons (Fsp3) is 0.750. The van der Waals surface area contributed by atoms with Crippen LogP contribution < -0.4 is 5.73 Å². The van der Waals surface area contributed by atoms with Gasteiger partial charge in [-0.3, -0.25) is 0 Å². The molecule has 1 aliphatic heterocycles. The quantitative estimate of drug-likeness (QED) is 0.777. The van der Waals surface area contributed by atoms with Gasteiger partial charge < -0.3 is 10.5 Å². The number of hydrogen-bond donors (Lipinski definition) is 1. The maximum absolute atomic E-state index is 6.55. The Hall–Kier alpha value is -0.600. The Bertz CT molecular complexity index is 362. The van der Waals surface area contributed by atoms with E-state index in [1.165, 1.54) is 12.8 Å². The van der Waals surface area contributed by atoms with Crippen LogP contribution in [0.15, 0.2) is 24.3 Å². The molecule has 5 atom stereocenters. The first-order valence-electron chi connectivity index (χ1n) is 7.48. The van der Waals surface area contributed by atoms with E-state index in [0.717, 1.165) is 31.6 Å². The molecule has 2 heteroatoms. The van der Waals surface area contributed by atoms with Crippen LogP contribution in [0, 0.1) is 11.8 Å². The second-order valence-electron chi connectivity index (χ2n) is 6.22. The molecule has 0 amide bonds. The molecule has 3 rings (SSSR count). The first-order valence-corrected chi connectivity index (χ1v) is 7.48. The Morgan fingerprint density at radius 2 is 2.00 bits per heavy atom. The fourth-order valence-corrected chi connectivity index (χ4v) is 4.13. The van der Waals surface area contributed by atoms with Gasteiger partial charge in [-0.1, -0.05) is 31.2 Å². The lowest BCUT2D eigenvalue weighted by Crippen LogP contribution is -2.43. The van der Waals surface area contributed by atoms with Gasteiger partial charge in [0.2, 0.25) is 0 Å². The standard InChI is InChI=1S/C16H25NO/c1-2-12(17)11-16-10-6-5-8-14(16)13-7-3-4-9-15(13)18-16/h3-6,12-15H,2,7-11,17H2,1H3. The molecule has 3 aliphatic rings. The zero-order valence-corrected chi connectivity index (χ0v) is 11.3. The van der Waals surface area contributed by atoms with Gasteiger partial charge in [-0.05, 0) is 50.4 Å². The third kappa shape index (κ3) is 1.96. The van der Waals surface area contributed by atoms with Gasteiger partial charge in [0.15, 0.2) is 0 Å². The lowest BCUT2D eigenvalue weighted by molar-refractivity contribution is -0.0680. The van der Waals surface area contributed by atoms with Crippen molar-refractivity contribution in [1.82, 2.24) is 0 Å². The number of nitrogens with two attached hydrogens (primary N) is 1. The molecular formula is C16H25NO. The SMILES string of the molecule is CCC(N)CC12CC=CCC1C1CC=CCC1O2. The van der Waals surface area contributed by atoms with Crippen LogP contribution in [0.2, 0.25) is 0 Å². The van der Waals surface area contributed by atoms with Crippen molar-refractivity contribution in [3.8, 4) is 0 Å². The molecule has 18 heavy (non-hydrogen) atoms. The van der Waals surface area contributed by atoms with E-state index < -0.39 is 0 Å². The highest BCUT2D eigenvalue weighted by Crippen LogP contribution is 2.52. The first kappa shape index (κ1) is 12.4. The summed E-state index contributed by atoms with van der Waals surface area (Å²) in [6.45, 7) is 2.18. The van der Waals surface area contributed by atoms with Crippen molar-refractivity contribution in [1.29, 1.82) is 0 Å². The van der Waals surface area contributed by atoms with E-state index in [0.29, 0.717) is 12.0 Å². The molecule has 0 bridgehead atoms. The predicted molar refractivity (Wildman–Crippen MR) is 74.2 cm³/mol. The molecule has 1 fully saturated rings. The van der Waals surface area contributed by atoms with Crippen molar-refractivity contribution in [3.63, 3.8) is 0 Å². The van der Waals surface area contributed by atoms with E-state index in [1.54, 1.807) is 0 Å². The highest BCUT2D eigenvalue weighted by Gasteiger charge is 2.54. The summed E-state index contributed by atoms with van der Waals surface area (Å²) in [6, 6.07) is 0.284. The molecule has 0 radical (unpaired) electrons. The van der Waals surface area contributed by atoms with Gasteiger partial charge in [-0.15, -0.1) is 0 Å². The highest BCUT2D eigenvalue weighted by atomic mass is 16.5. The molecule has 0 spiro atoms. The summed E-state index contributed by atoms with van der Waals surface area (Å²) in [5.74, 6) is 1.42. The maximum atomic E-state index is 6.55. The molecule has 0 aromatic carbocycles. The van der Waals surface area contributed by atoms with Gasteiger partial charge in [0.05, 0.1) is 11.7 Å². The van der Waals surface area contributed by atoms with E-state index in [9.17, 15) is 0 Å². The van der Waals surface area contributed by atoms with Crippen molar-refractivity contribution in [3.05, 3.63) is 24.3 Å². The molecule has 1 saturated heterocycles. The molecule has 100 valence electrons. The zero-order chi connectivity index (χ0) is 12.6. The summed E-state index contributed by atoms with van der Waals surface area (Å²) in [7, 11) is 0. The van der Waals surface area contributed by atoms with E-state index in [-0.39, 0.29) is 11.6 Å². The van der Waals surface area contributed by atoms with Crippen LogP contribution in [0.5, 0.6) is 0 Å². The van der Waals surface area contributed by atoms with Gasteiger partial charge in [0, 0.05) is 6.04 Å². The minimum atomic E-state index is 0.0472. The van der Waals surface area contributed by atoms with Crippen LogP contribution in [-0.4, -0.2) is 17.7 Å². The first-order chi connectivity index (χ1) is 8.75. The Morgan fingerprint density at radius 3 is 2.83 bits per heavy atom. The Balaban J connectivity index is 1.84. The topological polar surface area (TPSA) is 35.2 Å². The maximum Gasteiger partial charge on any atom is 0.0770 e. The Morgan fingerprint density at radius 1 is 1.22 bits per heavy atom. The smallest absolute Gasteiger partial charge is 0.0770 e. The number of hydrogen-bond acceptors (Lipinski definition) is 2. The second-order valence-corrected chi connectivity index (χ2v) is 6.22. The Kier molecular flexibility index (Phi) is 3.33. The fourth-order valence-electron chi connectivity index (χ4n) is 4.13. The lowest BCUT2D eigenvalue weighted by Gasteiger charge is -2.38. The molecule has 2 N–H and O–H groups in total. The molecule has 1 heterocycles. The third-order valence-corrected chi connectivity index (χ3v) is 5.15. The van der Waals surface area contributed by atoms with Gasteiger partial charge in [0.25, 0.3) is 0 Å². The molecular weight excluding hydrogens is 222 g/mol. The van der Waals surface area contributed by atoms with Crippen LogP contribution in [-0.2, 0) is 4.74 Å². The van der Waals surface area contributed by atoms with Crippen LogP contribution in [0.3, 0.4) is 0 Å². The normalized spacial score (nSPS) is 43.6. The van der Waals surface area contributed by atoms with Gasteiger partial charge in [0.1, 0.15) is 0 Å². The van der Waals surface area contributed by atoms with Crippen LogP contribution in [0.1, 0.15) is 45.4 Å². The van der Waals surface area contributed by atoms with Crippen LogP contribution >= 0.6 is 0 Å². The minimum Gasteiger partial charge on any atom is -0.370 e. The minimum absolute atomic E-state index is 0.0472. The summed E-state index contributed by atoms with van der Waals surface area (Å²) >= 11 is 0. The van der Waals surface area contributed by atoms with E-state index >= 15 is 0 Å². The van der Waals surface area contributed by atoms with Gasteiger partial charge >= 0.3 is 0 Å². The third-order valence-electron chi connectivity index (χ3n) is 5.15. The number of fused-ring (bicyclic) bond motifs is 3. The molecule has 0 aromatic heterocycles. The summed E-state index contributed by atoms with van der Waals surface area (Å²) in [4.78, 5) is 0.